The zero-order valence-electron chi connectivity index (χ0n) is 9.41. The number of halogens is 2. The van der Waals surface area contributed by atoms with E-state index >= 15 is 0 Å². The normalized spacial score (nSPS) is 12.6. The molecule has 0 saturated carbocycles. The van der Waals surface area contributed by atoms with Crippen molar-refractivity contribution < 1.29 is 4.42 Å². The van der Waals surface area contributed by atoms with Gasteiger partial charge in [0, 0.05) is 3.57 Å². The molecule has 2 aromatic rings. The van der Waals surface area contributed by atoms with Crippen molar-refractivity contribution in [3.63, 3.8) is 0 Å². The molecule has 1 aromatic carbocycles. The van der Waals surface area contributed by atoms with Crippen LogP contribution in [0.5, 0.6) is 0 Å². The summed E-state index contributed by atoms with van der Waals surface area (Å²) in [6.45, 7) is 2.99. The van der Waals surface area contributed by atoms with Gasteiger partial charge in [-0.1, -0.05) is 19.1 Å². The second-order valence-corrected chi connectivity index (χ2v) is 5.71. The quantitative estimate of drug-likeness (QED) is 0.765. The molecule has 4 heteroatoms. The highest BCUT2D eigenvalue weighted by Gasteiger charge is 2.16. The smallest absolute Gasteiger partial charge is 0.169 e. The van der Waals surface area contributed by atoms with Gasteiger partial charge in [0.25, 0.3) is 0 Å². The average Bonchev–Trinajstić information content (AvgIpc) is 2.74. The molecule has 0 aliphatic heterocycles. The molecule has 0 saturated heterocycles. The van der Waals surface area contributed by atoms with E-state index in [9.17, 15) is 0 Å². The Bertz CT molecular complexity index is 480. The van der Waals surface area contributed by atoms with Crippen molar-refractivity contribution in [3.05, 3.63) is 56.0 Å². The Kier molecular flexibility index (Phi) is 4.64. The largest absolute Gasteiger partial charge is 0.452 e. The number of benzene rings is 1. The van der Waals surface area contributed by atoms with Gasteiger partial charge in [0.15, 0.2) is 4.67 Å². The van der Waals surface area contributed by atoms with E-state index in [0.717, 1.165) is 17.0 Å². The van der Waals surface area contributed by atoms with E-state index in [1.807, 2.05) is 12.1 Å². The molecule has 1 unspecified atom stereocenters. The van der Waals surface area contributed by atoms with Gasteiger partial charge in [0.1, 0.15) is 5.76 Å². The maximum atomic E-state index is 5.64. The molecule has 0 spiro atoms. The number of hydrogen-bond donors (Lipinski definition) is 1. The average molecular weight is 406 g/mol. The van der Waals surface area contributed by atoms with Crippen molar-refractivity contribution in [1.82, 2.24) is 5.32 Å². The molecule has 0 bridgehead atoms. The van der Waals surface area contributed by atoms with Crippen LogP contribution < -0.4 is 5.32 Å². The summed E-state index contributed by atoms with van der Waals surface area (Å²) in [4.78, 5) is 0. The van der Waals surface area contributed by atoms with Crippen molar-refractivity contribution in [2.24, 2.45) is 0 Å². The molecule has 1 aromatic heterocycles. The Morgan fingerprint density at radius 3 is 2.47 bits per heavy atom. The molecule has 0 aliphatic rings. The molecule has 2 nitrogen and oxygen atoms in total. The first kappa shape index (κ1) is 13.1. The van der Waals surface area contributed by atoms with Crippen LogP contribution >= 0.6 is 38.5 Å². The van der Waals surface area contributed by atoms with Crippen LogP contribution in [0.25, 0.3) is 0 Å². The molecular formula is C13H13BrINO. The van der Waals surface area contributed by atoms with Gasteiger partial charge in [-0.2, -0.15) is 0 Å². The van der Waals surface area contributed by atoms with Gasteiger partial charge in [0.05, 0.1) is 6.04 Å². The van der Waals surface area contributed by atoms with E-state index in [2.05, 4.69) is 75.0 Å². The van der Waals surface area contributed by atoms with Crippen LogP contribution in [0.1, 0.15) is 24.3 Å². The first-order valence-corrected chi connectivity index (χ1v) is 7.32. The lowest BCUT2D eigenvalue weighted by atomic mass is 10.0. The van der Waals surface area contributed by atoms with E-state index in [1.165, 1.54) is 9.13 Å². The van der Waals surface area contributed by atoms with Crippen molar-refractivity contribution >= 4 is 38.5 Å². The first-order valence-electron chi connectivity index (χ1n) is 5.44. The Morgan fingerprint density at radius 1 is 1.24 bits per heavy atom. The molecular weight excluding hydrogens is 393 g/mol. The molecule has 1 N–H and O–H groups in total. The number of rotatable bonds is 4. The second kappa shape index (κ2) is 6.02. The molecule has 1 atom stereocenters. The standard InChI is InChI=1S/C13H13BrINO/c1-2-16-13(11-7-8-12(14)17-11)9-3-5-10(15)6-4-9/h3-8,13,16H,2H2,1H3. The molecule has 0 radical (unpaired) electrons. The summed E-state index contributed by atoms with van der Waals surface area (Å²) in [7, 11) is 0. The summed E-state index contributed by atoms with van der Waals surface area (Å²) in [5, 5.41) is 3.43. The highest BCUT2D eigenvalue weighted by Crippen LogP contribution is 2.26. The Labute approximate surface area is 123 Å². The van der Waals surface area contributed by atoms with Crippen LogP contribution in [0.4, 0.5) is 0 Å². The third-order valence-corrected chi connectivity index (χ3v) is 3.64. The van der Waals surface area contributed by atoms with Gasteiger partial charge in [-0.25, -0.2) is 0 Å². The van der Waals surface area contributed by atoms with Crippen LogP contribution in [0.15, 0.2) is 45.5 Å². The summed E-state index contributed by atoms with van der Waals surface area (Å²) in [5.41, 5.74) is 1.22. The monoisotopic (exact) mass is 405 g/mol. The Balaban J connectivity index is 2.31. The van der Waals surface area contributed by atoms with Crippen LogP contribution in [0.2, 0.25) is 0 Å². The maximum Gasteiger partial charge on any atom is 0.169 e. The summed E-state index contributed by atoms with van der Waals surface area (Å²) < 4.78 is 7.64. The molecule has 0 aliphatic carbocycles. The van der Waals surface area contributed by atoms with Crippen LogP contribution in [0.3, 0.4) is 0 Å². The van der Waals surface area contributed by atoms with E-state index < -0.39 is 0 Å². The lowest BCUT2D eigenvalue weighted by Crippen LogP contribution is -2.21. The van der Waals surface area contributed by atoms with Crippen molar-refractivity contribution in [2.45, 2.75) is 13.0 Å². The molecule has 0 amide bonds. The zero-order chi connectivity index (χ0) is 12.3. The highest BCUT2D eigenvalue weighted by molar-refractivity contribution is 14.1. The number of nitrogens with one attached hydrogen (secondary N) is 1. The van der Waals surface area contributed by atoms with Crippen molar-refractivity contribution in [1.29, 1.82) is 0 Å². The van der Waals surface area contributed by atoms with Gasteiger partial charge >= 0.3 is 0 Å². The fourth-order valence-electron chi connectivity index (χ4n) is 1.73. The number of furan rings is 1. The van der Waals surface area contributed by atoms with E-state index in [4.69, 9.17) is 4.42 Å². The van der Waals surface area contributed by atoms with Gasteiger partial charge in [0.2, 0.25) is 0 Å². The number of hydrogen-bond acceptors (Lipinski definition) is 2. The second-order valence-electron chi connectivity index (χ2n) is 3.68. The molecule has 17 heavy (non-hydrogen) atoms. The van der Waals surface area contributed by atoms with Crippen LogP contribution in [0, 0.1) is 3.57 Å². The topological polar surface area (TPSA) is 25.2 Å². The van der Waals surface area contributed by atoms with Gasteiger partial charge in [-0.3, -0.25) is 0 Å². The van der Waals surface area contributed by atoms with Crippen molar-refractivity contribution in [3.8, 4) is 0 Å². The van der Waals surface area contributed by atoms with Gasteiger partial charge in [-0.15, -0.1) is 0 Å². The molecule has 0 fully saturated rings. The lowest BCUT2D eigenvalue weighted by Gasteiger charge is -2.16. The minimum Gasteiger partial charge on any atom is -0.452 e. The summed E-state index contributed by atoms with van der Waals surface area (Å²) in [5.74, 6) is 0.930. The van der Waals surface area contributed by atoms with E-state index in [0.29, 0.717) is 0 Å². The fraction of sp³-hybridized carbons (Fsp3) is 0.231. The van der Waals surface area contributed by atoms with E-state index in [1.54, 1.807) is 0 Å². The Morgan fingerprint density at radius 2 is 1.94 bits per heavy atom. The van der Waals surface area contributed by atoms with Crippen LogP contribution in [-0.4, -0.2) is 6.54 Å². The zero-order valence-corrected chi connectivity index (χ0v) is 13.2. The predicted octanol–water partition coefficient (Wildman–Crippen LogP) is 4.35. The fourth-order valence-corrected chi connectivity index (χ4v) is 2.40. The van der Waals surface area contributed by atoms with E-state index in [-0.39, 0.29) is 6.04 Å². The van der Waals surface area contributed by atoms with Gasteiger partial charge in [-0.05, 0) is 74.9 Å². The van der Waals surface area contributed by atoms with Crippen LogP contribution in [-0.2, 0) is 0 Å². The van der Waals surface area contributed by atoms with Gasteiger partial charge < -0.3 is 9.73 Å². The molecule has 2 rings (SSSR count). The summed E-state index contributed by atoms with van der Waals surface area (Å²) >= 11 is 5.65. The predicted molar refractivity (Wildman–Crippen MR) is 81.1 cm³/mol. The maximum absolute atomic E-state index is 5.64. The first-order chi connectivity index (χ1) is 8.20. The van der Waals surface area contributed by atoms with Crippen molar-refractivity contribution in [2.75, 3.05) is 6.54 Å². The highest BCUT2D eigenvalue weighted by atomic mass is 127. The lowest BCUT2D eigenvalue weighted by molar-refractivity contribution is 0.437. The minimum atomic E-state index is 0.114. The minimum absolute atomic E-state index is 0.114. The molecule has 90 valence electrons. The summed E-state index contributed by atoms with van der Waals surface area (Å²) in [6.07, 6.45) is 0. The third kappa shape index (κ3) is 3.33. The molecule has 1 heterocycles. The SMILES string of the molecule is CCNC(c1ccc(I)cc1)c1ccc(Br)o1. The Hall–Kier alpha value is -0.330. The third-order valence-electron chi connectivity index (χ3n) is 2.49. The summed E-state index contributed by atoms with van der Waals surface area (Å²) in [6, 6.07) is 12.5.